The van der Waals surface area contributed by atoms with Crippen LogP contribution in [0.15, 0.2) is 40.9 Å². The Hall–Kier alpha value is -3.23. The van der Waals surface area contributed by atoms with Gasteiger partial charge in [0.1, 0.15) is 11.5 Å². The average molecular weight is 558 g/mol. The van der Waals surface area contributed by atoms with Crippen molar-refractivity contribution in [2.24, 2.45) is 5.92 Å². The van der Waals surface area contributed by atoms with Crippen LogP contribution in [0, 0.1) is 19.8 Å². The van der Waals surface area contributed by atoms with Crippen LogP contribution in [0.5, 0.6) is 0 Å². The number of ether oxygens (including phenoxy) is 2. The number of piperidine rings is 1. The third-order valence-electron chi connectivity index (χ3n) is 9.04. The van der Waals surface area contributed by atoms with Crippen LogP contribution in [0.3, 0.4) is 0 Å². The fourth-order valence-electron chi connectivity index (χ4n) is 6.81. The van der Waals surface area contributed by atoms with Gasteiger partial charge in [-0.1, -0.05) is 47.7 Å². The number of carbonyl (C=O) groups is 1. The molecule has 7 nitrogen and oxygen atoms in total. The number of thiazole rings is 1. The highest BCUT2D eigenvalue weighted by Crippen LogP contribution is 2.47. The van der Waals surface area contributed by atoms with Gasteiger partial charge in [-0.3, -0.25) is 0 Å². The Balaban J connectivity index is 1.12. The number of hydrogen-bond acceptors (Lipinski definition) is 8. The first-order chi connectivity index (χ1) is 19.4. The lowest BCUT2D eigenvalue weighted by Crippen LogP contribution is -2.46. The van der Waals surface area contributed by atoms with Crippen molar-refractivity contribution in [1.29, 1.82) is 0 Å². The number of carbonyl (C=O) groups excluding carboxylic acids is 1. The van der Waals surface area contributed by atoms with Crippen molar-refractivity contribution < 1.29 is 18.8 Å². The molecule has 4 aromatic rings. The Morgan fingerprint density at radius 2 is 1.95 bits per heavy atom. The standard InChI is InChI=1S/C32H35N3O4S/c1-17-7-5-6-8-24(17)29-25(30(39-34-29)20-9-10-20)16-38-23-14-22-12-18(2)26(15-23)35(22)32-33-28-19(3)11-21(31(36)37-4)13-27(28)40-32/h5-8,11,13,18,20,22-23,26H,9-10,12,14-16H2,1-4H3/t18-,22?,23?,26?/m1/s1. The van der Waals surface area contributed by atoms with E-state index in [1.54, 1.807) is 11.3 Å². The molecule has 1 aliphatic carbocycles. The molecule has 2 aromatic heterocycles. The molecule has 2 bridgehead atoms. The zero-order valence-corrected chi connectivity index (χ0v) is 24.3. The molecule has 3 aliphatic rings. The maximum absolute atomic E-state index is 12.2. The highest BCUT2D eigenvalue weighted by molar-refractivity contribution is 7.22. The minimum atomic E-state index is -0.310. The van der Waals surface area contributed by atoms with Crippen LogP contribution in [-0.2, 0) is 16.1 Å². The molecule has 2 aromatic carbocycles. The second-order valence-corrected chi connectivity index (χ2v) is 12.8. The Morgan fingerprint density at radius 1 is 1.12 bits per heavy atom. The van der Waals surface area contributed by atoms with Crippen molar-refractivity contribution in [3.05, 3.63) is 64.4 Å². The van der Waals surface area contributed by atoms with Gasteiger partial charge in [-0.15, -0.1) is 0 Å². The molecule has 4 atom stereocenters. The second kappa shape index (κ2) is 10.00. The zero-order chi connectivity index (χ0) is 27.5. The molecule has 2 aliphatic heterocycles. The van der Waals surface area contributed by atoms with Crippen LogP contribution in [-0.4, -0.2) is 41.4 Å². The third-order valence-corrected chi connectivity index (χ3v) is 10.1. The number of aryl methyl sites for hydroxylation is 2. The van der Waals surface area contributed by atoms with Crippen molar-refractivity contribution in [3.8, 4) is 11.3 Å². The average Bonchev–Trinajstić information content (AvgIpc) is 3.50. The lowest BCUT2D eigenvalue weighted by atomic mass is 9.97. The summed E-state index contributed by atoms with van der Waals surface area (Å²) in [6.07, 6.45) is 5.61. The lowest BCUT2D eigenvalue weighted by molar-refractivity contribution is 0.0136. The summed E-state index contributed by atoms with van der Waals surface area (Å²) in [4.78, 5) is 19.8. The SMILES string of the molecule is COC(=O)c1cc(C)c2nc(N3C4CC(OCc5c(-c6ccccc6C)noc5C5CC5)CC3[C@H](C)C4)sc2c1. The molecule has 2 saturated heterocycles. The van der Waals surface area contributed by atoms with E-state index in [4.69, 9.17) is 19.0 Å². The fourth-order valence-corrected chi connectivity index (χ4v) is 8.03. The minimum absolute atomic E-state index is 0.185. The first-order valence-electron chi connectivity index (χ1n) is 14.3. The summed E-state index contributed by atoms with van der Waals surface area (Å²) < 4.78 is 18.6. The van der Waals surface area contributed by atoms with Crippen molar-refractivity contribution in [2.45, 2.75) is 83.6 Å². The van der Waals surface area contributed by atoms with E-state index in [-0.39, 0.29) is 12.1 Å². The molecule has 0 N–H and O–H groups in total. The Morgan fingerprint density at radius 3 is 2.70 bits per heavy atom. The molecular weight excluding hydrogens is 522 g/mol. The largest absolute Gasteiger partial charge is 0.465 e. The molecule has 7 rings (SSSR count). The number of aromatic nitrogens is 2. The lowest BCUT2D eigenvalue weighted by Gasteiger charge is -2.39. The molecular formula is C32H35N3O4S. The van der Waals surface area contributed by atoms with Gasteiger partial charge in [-0.05, 0) is 75.1 Å². The molecule has 0 radical (unpaired) electrons. The highest BCUT2D eigenvalue weighted by Gasteiger charge is 2.46. The third kappa shape index (κ3) is 4.41. The zero-order valence-electron chi connectivity index (χ0n) is 23.5. The van der Waals surface area contributed by atoms with Crippen LogP contribution in [0.1, 0.15) is 77.8 Å². The van der Waals surface area contributed by atoms with Gasteiger partial charge in [0, 0.05) is 29.1 Å². The minimum Gasteiger partial charge on any atom is -0.465 e. The first-order valence-corrected chi connectivity index (χ1v) is 15.2. The van der Waals surface area contributed by atoms with Crippen molar-refractivity contribution in [1.82, 2.24) is 10.1 Å². The topological polar surface area (TPSA) is 77.7 Å². The molecule has 4 heterocycles. The van der Waals surface area contributed by atoms with Gasteiger partial charge in [-0.25, -0.2) is 9.78 Å². The summed E-state index contributed by atoms with van der Waals surface area (Å²) >= 11 is 1.68. The van der Waals surface area contributed by atoms with Crippen molar-refractivity contribution in [2.75, 3.05) is 12.0 Å². The van der Waals surface area contributed by atoms with Gasteiger partial charge in [0.25, 0.3) is 0 Å². The molecule has 40 heavy (non-hydrogen) atoms. The Labute approximate surface area is 238 Å². The maximum atomic E-state index is 12.2. The number of fused-ring (bicyclic) bond motifs is 3. The van der Waals surface area contributed by atoms with Crippen molar-refractivity contribution in [3.63, 3.8) is 0 Å². The molecule has 208 valence electrons. The van der Waals surface area contributed by atoms with E-state index in [2.05, 4.69) is 48.2 Å². The fraction of sp³-hybridized carbons (Fsp3) is 0.469. The van der Waals surface area contributed by atoms with Gasteiger partial charge in [0.15, 0.2) is 5.13 Å². The van der Waals surface area contributed by atoms with E-state index in [9.17, 15) is 4.79 Å². The first kappa shape index (κ1) is 25.7. The van der Waals surface area contributed by atoms with Gasteiger partial charge in [0.05, 0.1) is 35.6 Å². The van der Waals surface area contributed by atoms with Gasteiger partial charge in [-0.2, -0.15) is 0 Å². The summed E-state index contributed by atoms with van der Waals surface area (Å²) in [5, 5.41) is 5.58. The van der Waals surface area contributed by atoms with Gasteiger partial charge in [0.2, 0.25) is 0 Å². The molecule has 3 unspecified atom stereocenters. The van der Waals surface area contributed by atoms with E-state index in [0.29, 0.717) is 36.1 Å². The number of esters is 1. The van der Waals surface area contributed by atoms with E-state index < -0.39 is 0 Å². The smallest absolute Gasteiger partial charge is 0.337 e. The van der Waals surface area contributed by atoms with E-state index in [1.165, 1.54) is 12.7 Å². The number of benzene rings is 2. The summed E-state index contributed by atoms with van der Waals surface area (Å²) in [7, 11) is 1.42. The number of hydrogen-bond donors (Lipinski definition) is 0. The monoisotopic (exact) mass is 557 g/mol. The molecule has 8 heteroatoms. The molecule has 3 fully saturated rings. The van der Waals surface area contributed by atoms with Crippen LogP contribution in [0.25, 0.3) is 21.5 Å². The van der Waals surface area contributed by atoms with Crippen LogP contribution in [0.4, 0.5) is 5.13 Å². The predicted molar refractivity (Wildman–Crippen MR) is 156 cm³/mol. The second-order valence-electron chi connectivity index (χ2n) is 11.8. The quantitative estimate of drug-likeness (QED) is 0.223. The normalized spacial score (nSPS) is 24.1. The van der Waals surface area contributed by atoms with Crippen LogP contribution >= 0.6 is 11.3 Å². The summed E-state index contributed by atoms with van der Waals surface area (Å²) in [6, 6.07) is 12.9. The van der Waals surface area contributed by atoms with Crippen molar-refractivity contribution >= 4 is 32.7 Å². The molecule has 1 saturated carbocycles. The predicted octanol–water partition coefficient (Wildman–Crippen LogP) is 7.19. The number of nitrogens with zero attached hydrogens (tertiary/aromatic N) is 3. The maximum Gasteiger partial charge on any atom is 0.337 e. The van der Waals surface area contributed by atoms with E-state index >= 15 is 0 Å². The Kier molecular flexibility index (Phi) is 6.43. The van der Waals surface area contributed by atoms with Gasteiger partial charge < -0.3 is 18.9 Å². The molecule has 0 spiro atoms. The number of anilines is 1. The summed E-state index contributed by atoms with van der Waals surface area (Å²) in [5.41, 5.74) is 6.94. The van der Waals surface area contributed by atoms with E-state index in [1.807, 2.05) is 19.1 Å². The van der Waals surface area contributed by atoms with Crippen LogP contribution in [0.2, 0.25) is 0 Å². The Bertz CT molecular complexity index is 1590. The van der Waals surface area contributed by atoms with E-state index in [0.717, 1.165) is 75.6 Å². The summed E-state index contributed by atoms with van der Waals surface area (Å²) in [5.74, 6) is 1.75. The van der Waals surface area contributed by atoms with Gasteiger partial charge >= 0.3 is 5.97 Å². The number of rotatable bonds is 7. The number of methoxy groups -OCH3 is 1. The van der Waals surface area contributed by atoms with Crippen LogP contribution < -0.4 is 4.90 Å². The summed E-state index contributed by atoms with van der Waals surface area (Å²) in [6.45, 7) is 7.03. The highest BCUT2D eigenvalue weighted by atomic mass is 32.1. The molecule has 0 amide bonds.